The van der Waals surface area contributed by atoms with E-state index < -0.39 is 0 Å². The van der Waals surface area contributed by atoms with Crippen molar-refractivity contribution in [1.82, 2.24) is 14.4 Å². The van der Waals surface area contributed by atoms with Crippen molar-refractivity contribution in [2.45, 2.75) is 72.3 Å². The van der Waals surface area contributed by atoms with Crippen LogP contribution in [0.4, 0.5) is 10.6 Å². The van der Waals surface area contributed by atoms with Crippen LogP contribution in [-0.2, 0) is 9.53 Å². The molecule has 1 aromatic rings. The fourth-order valence-electron chi connectivity index (χ4n) is 4.90. The molecule has 2 fully saturated rings. The van der Waals surface area contributed by atoms with Crippen LogP contribution in [0.5, 0.6) is 0 Å². The lowest BCUT2D eigenvalue weighted by Gasteiger charge is -2.27. The Labute approximate surface area is 197 Å². The molecule has 1 N–H and O–H groups in total. The smallest absolute Gasteiger partial charge is 0.409 e. The molecule has 3 rings (SSSR count). The summed E-state index contributed by atoms with van der Waals surface area (Å²) in [5.41, 5.74) is 2.59. The van der Waals surface area contributed by atoms with E-state index in [1.165, 1.54) is 19.3 Å². The van der Waals surface area contributed by atoms with Gasteiger partial charge in [-0.2, -0.15) is 5.26 Å². The van der Waals surface area contributed by atoms with Gasteiger partial charge in [0.1, 0.15) is 11.9 Å². The van der Waals surface area contributed by atoms with E-state index in [1.807, 2.05) is 27.7 Å². The van der Waals surface area contributed by atoms with Gasteiger partial charge in [0.15, 0.2) is 0 Å². The highest BCUT2D eigenvalue weighted by atomic mass is 16.6. The van der Waals surface area contributed by atoms with Gasteiger partial charge in [0.25, 0.3) is 0 Å². The first-order valence-electron chi connectivity index (χ1n) is 12.4. The van der Waals surface area contributed by atoms with Crippen LogP contribution in [0.3, 0.4) is 0 Å². The van der Waals surface area contributed by atoms with Crippen molar-refractivity contribution in [2.75, 3.05) is 44.6 Å². The maximum Gasteiger partial charge on any atom is 0.409 e. The molecule has 0 aromatic carbocycles. The number of carbonyl (C=O) groups is 2. The number of nitriles is 1. The SMILES string of the molecule is Cc1c(C#N)c(NC(=O)CN2CCCN(C(=O)OCC(C)C)CC2)n(C2CCCCC2)c1C. The van der Waals surface area contributed by atoms with Gasteiger partial charge in [0.2, 0.25) is 5.91 Å². The Morgan fingerprint density at radius 3 is 2.48 bits per heavy atom. The highest BCUT2D eigenvalue weighted by Crippen LogP contribution is 2.36. The van der Waals surface area contributed by atoms with E-state index in [1.54, 1.807) is 4.90 Å². The highest BCUT2D eigenvalue weighted by Gasteiger charge is 2.27. The van der Waals surface area contributed by atoms with E-state index in [0.29, 0.717) is 49.6 Å². The molecule has 33 heavy (non-hydrogen) atoms. The molecule has 0 spiro atoms. The molecular formula is C25H39N5O3. The molecule has 1 aliphatic carbocycles. The van der Waals surface area contributed by atoms with Crippen LogP contribution in [0.15, 0.2) is 0 Å². The van der Waals surface area contributed by atoms with E-state index in [4.69, 9.17) is 4.74 Å². The number of rotatable bonds is 6. The Morgan fingerprint density at radius 1 is 1.09 bits per heavy atom. The summed E-state index contributed by atoms with van der Waals surface area (Å²) < 4.78 is 7.55. The molecule has 0 radical (unpaired) electrons. The zero-order chi connectivity index (χ0) is 24.0. The molecule has 2 heterocycles. The van der Waals surface area contributed by atoms with E-state index in [9.17, 15) is 14.9 Å². The predicted molar refractivity (Wildman–Crippen MR) is 128 cm³/mol. The lowest BCUT2D eigenvalue weighted by atomic mass is 9.95. The number of amides is 2. The van der Waals surface area contributed by atoms with Gasteiger partial charge in [-0.1, -0.05) is 33.1 Å². The number of hydrogen-bond acceptors (Lipinski definition) is 5. The Kier molecular flexibility index (Phi) is 8.79. The second-order valence-electron chi connectivity index (χ2n) is 9.84. The van der Waals surface area contributed by atoms with Crippen molar-refractivity contribution in [2.24, 2.45) is 5.92 Å². The molecule has 0 bridgehead atoms. The number of carbonyl (C=O) groups excluding carboxylic acids is 2. The van der Waals surface area contributed by atoms with Gasteiger partial charge in [-0.3, -0.25) is 9.69 Å². The molecule has 2 aliphatic rings. The van der Waals surface area contributed by atoms with Crippen molar-refractivity contribution in [1.29, 1.82) is 5.26 Å². The molecule has 1 saturated heterocycles. The Hall–Kier alpha value is -2.53. The highest BCUT2D eigenvalue weighted by molar-refractivity contribution is 5.93. The summed E-state index contributed by atoms with van der Waals surface area (Å²) in [7, 11) is 0. The fourth-order valence-corrected chi connectivity index (χ4v) is 4.90. The number of nitrogens with zero attached hydrogens (tertiary/aromatic N) is 4. The van der Waals surface area contributed by atoms with Crippen LogP contribution >= 0.6 is 0 Å². The van der Waals surface area contributed by atoms with Gasteiger partial charge in [-0.05, 0) is 44.6 Å². The molecule has 0 unspecified atom stereocenters. The standard InChI is InChI=1S/C25H39N5O3/c1-18(2)17-33-25(32)29-12-8-11-28(13-14-29)16-23(31)27-24-22(15-26)19(3)20(4)30(24)21-9-6-5-7-10-21/h18,21H,5-14,16-17H2,1-4H3,(H,27,31). The third-order valence-electron chi connectivity index (χ3n) is 6.82. The Morgan fingerprint density at radius 2 is 1.82 bits per heavy atom. The summed E-state index contributed by atoms with van der Waals surface area (Å²) in [6.07, 6.45) is 6.30. The normalized spacial score (nSPS) is 18.1. The van der Waals surface area contributed by atoms with Crippen molar-refractivity contribution in [3.63, 3.8) is 0 Å². The molecule has 1 aliphatic heterocycles. The van der Waals surface area contributed by atoms with Crippen LogP contribution in [0, 0.1) is 31.1 Å². The zero-order valence-electron chi connectivity index (χ0n) is 20.7. The second-order valence-corrected chi connectivity index (χ2v) is 9.84. The van der Waals surface area contributed by atoms with Gasteiger partial charge in [-0.15, -0.1) is 0 Å². The maximum atomic E-state index is 13.0. The van der Waals surface area contributed by atoms with Crippen molar-refractivity contribution >= 4 is 17.8 Å². The first-order chi connectivity index (χ1) is 15.8. The van der Waals surface area contributed by atoms with E-state index in [0.717, 1.165) is 37.1 Å². The van der Waals surface area contributed by atoms with Crippen LogP contribution in [-0.4, -0.2) is 65.7 Å². The molecule has 8 nitrogen and oxygen atoms in total. The molecular weight excluding hydrogens is 418 g/mol. The lowest BCUT2D eigenvalue weighted by Crippen LogP contribution is -2.38. The lowest BCUT2D eigenvalue weighted by molar-refractivity contribution is -0.117. The van der Waals surface area contributed by atoms with Crippen LogP contribution in [0.25, 0.3) is 0 Å². The first kappa shape index (κ1) is 25.1. The summed E-state index contributed by atoms with van der Waals surface area (Å²) in [4.78, 5) is 29.1. The second kappa shape index (κ2) is 11.6. The summed E-state index contributed by atoms with van der Waals surface area (Å²) >= 11 is 0. The largest absolute Gasteiger partial charge is 0.449 e. The van der Waals surface area contributed by atoms with Gasteiger partial charge in [0, 0.05) is 37.9 Å². The van der Waals surface area contributed by atoms with Crippen molar-refractivity contribution in [3.8, 4) is 6.07 Å². The molecule has 2 amide bonds. The number of hydrogen-bond donors (Lipinski definition) is 1. The predicted octanol–water partition coefficient (Wildman–Crippen LogP) is 4.22. The zero-order valence-corrected chi connectivity index (χ0v) is 20.7. The Balaban J connectivity index is 1.63. The van der Waals surface area contributed by atoms with Gasteiger partial charge < -0.3 is 19.5 Å². The third kappa shape index (κ3) is 6.29. The first-order valence-corrected chi connectivity index (χ1v) is 12.4. The summed E-state index contributed by atoms with van der Waals surface area (Å²) in [5.74, 6) is 0.842. The third-order valence-corrected chi connectivity index (χ3v) is 6.82. The summed E-state index contributed by atoms with van der Waals surface area (Å²) in [6.45, 7) is 11.2. The van der Waals surface area contributed by atoms with Gasteiger partial charge >= 0.3 is 6.09 Å². The van der Waals surface area contributed by atoms with Crippen LogP contribution < -0.4 is 5.32 Å². The average molecular weight is 458 g/mol. The summed E-state index contributed by atoms with van der Waals surface area (Å²) in [6, 6.07) is 2.65. The monoisotopic (exact) mass is 457 g/mol. The fraction of sp³-hybridized carbons (Fsp3) is 0.720. The molecule has 1 aromatic heterocycles. The minimum absolute atomic E-state index is 0.114. The average Bonchev–Trinajstić information content (AvgIpc) is 2.93. The number of anilines is 1. The summed E-state index contributed by atoms with van der Waals surface area (Å²) in [5, 5.41) is 12.9. The molecule has 182 valence electrons. The topological polar surface area (TPSA) is 90.6 Å². The van der Waals surface area contributed by atoms with Crippen molar-refractivity contribution < 1.29 is 14.3 Å². The number of nitrogens with one attached hydrogen (secondary N) is 1. The van der Waals surface area contributed by atoms with E-state index >= 15 is 0 Å². The van der Waals surface area contributed by atoms with Gasteiger partial charge in [-0.25, -0.2) is 4.79 Å². The number of ether oxygens (including phenoxy) is 1. The van der Waals surface area contributed by atoms with Crippen LogP contribution in [0.1, 0.15) is 75.2 Å². The van der Waals surface area contributed by atoms with E-state index in [-0.39, 0.29) is 18.5 Å². The minimum Gasteiger partial charge on any atom is -0.449 e. The maximum absolute atomic E-state index is 13.0. The molecule has 8 heteroatoms. The van der Waals surface area contributed by atoms with E-state index in [2.05, 4.69) is 20.9 Å². The Bertz CT molecular complexity index is 880. The van der Waals surface area contributed by atoms with Crippen molar-refractivity contribution in [3.05, 3.63) is 16.8 Å². The molecule has 0 atom stereocenters. The van der Waals surface area contributed by atoms with Crippen LogP contribution in [0.2, 0.25) is 0 Å². The molecule has 1 saturated carbocycles. The quantitative estimate of drug-likeness (QED) is 0.691. The minimum atomic E-state index is -0.273. The number of aromatic nitrogens is 1. The van der Waals surface area contributed by atoms with Gasteiger partial charge in [0.05, 0.1) is 18.7 Å².